The molecule has 7 nitrogen and oxygen atoms in total. The summed E-state index contributed by atoms with van der Waals surface area (Å²) in [6.45, 7) is 3.95. The Balaban J connectivity index is 1.49. The van der Waals surface area contributed by atoms with E-state index in [9.17, 15) is 18.8 Å². The van der Waals surface area contributed by atoms with E-state index in [0.29, 0.717) is 27.4 Å². The number of para-hydroxylation sites is 2. The van der Waals surface area contributed by atoms with Crippen LogP contribution in [0.3, 0.4) is 0 Å². The second-order valence-corrected chi connectivity index (χ2v) is 8.40. The smallest absolute Gasteiger partial charge is 0.262 e. The number of amides is 2. The lowest BCUT2D eigenvalue weighted by atomic mass is 10.1. The van der Waals surface area contributed by atoms with Crippen molar-refractivity contribution >= 4 is 45.9 Å². The van der Waals surface area contributed by atoms with Crippen molar-refractivity contribution in [3.8, 4) is 0 Å². The van der Waals surface area contributed by atoms with Crippen LogP contribution >= 0.6 is 11.8 Å². The molecule has 0 aliphatic heterocycles. The molecule has 0 unspecified atom stereocenters. The number of aromatic nitrogens is 2. The van der Waals surface area contributed by atoms with Gasteiger partial charge in [0.15, 0.2) is 5.16 Å². The predicted octanol–water partition coefficient (Wildman–Crippen LogP) is 4.70. The fourth-order valence-electron chi connectivity index (χ4n) is 3.39. The standard InChI is InChI=1S/C26H21FN4O3S/c1-2-15-31-25(34)20-8-4-6-10-22(20)30-26(31)35-16-23(32)29-21-9-5-3-7-19(21)24(33)28-18-13-11-17(27)12-14-18/h2-14H,1,15-16H2,(H,28,33)(H,29,32). The fourth-order valence-corrected chi connectivity index (χ4v) is 4.19. The van der Waals surface area contributed by atoms with Crippen molar-refractivity contribution in [3.63, 3.8) is 0 Å². The normalized spacial score (nSPS) is 10.7. The van der Waals surface area contributed by atoms with Crippen molar-refractivity contribution in [3.05, 3.63) is 107 Å². The molecule has 1 aromatic heterocycles. The predicted molar refractivity (Wildman–Crippen MR) is 136 cm³/mol. The van der Waals surface area contributed by atoms with Crippen LogP contribution in [0.2, 0.25) is 0 Å². The summed E-state index contributed by atoms with van der Waals surface area (Å²) in [4.78, 5) is 42.9. The number of anilines is 2. The van der Waals surface area contributed by atoms with Crippen LogP contribution < -0.4 is 16.2 Å². The first-order chi connectivity index (χ1) is 17.0. The number of fused-ring (bicyclic) bond motifs is 1. The second-order valence-electron chi connectivity index (χ2n) is 7.46. The van der Waals surface area contributed by atoms with Crippen molar-refractivity contribution in [2.24, 2.45) is 0 Å². The lowest BCUT2D eigenvalue weighted by Gasteiger charge is -2.13. The van der Waals surface area contributed by atoms with Gasteiger partial charge in [0, 0.05) is 12.2 Å². The molecule has 2 N–H and O–H groups in total. The number of hydrogen-bond acceptors (Lipinski definition) is 5. The minimum atomic E-state index is -0.448. The van der Waals surface area contributed by atoms with E-state index in [4.69, 9.17) is 0 Å². The summed E-state index contributed by atoms with van der Waals surface area (Å²) in [5, 5.41) is 6.31. The molecule has 2 amide bonds. The number of benzene rings is 3. The Bertz CT molecular complexity index is 1470. The zero-order chi connectivity index (χ0) is 24.8. The number of nitrogens with zero attached hydrogens (tertiary/aromatic N) is 2. The Labute approximate surface area is 204 Å². The summed E-state index contributed by atoms with van der Waals surface area (Å²) < 4.78 is 14.6. The number of halogens is 1. The average Bonchev–Trinajstić information content (AvgIpc) is 2.86. The number of carbonyl (C=O) groups is 2. The van der Waals surface area contributed by atoms with Crippen LogP contribution in [0.15, 0.2) is 95.4 Å². The highest BCUT2D eigenvalue weighted by molar-refractivity contribution is 7.99. The van der Waals surface area contributed by atoms with Crippen LogP contribution in [-0.4, -0.2) is 27.1 Å². The number of thioether (sulfide) groups is 1. The van der Waals surface area contributed by atoms with E-state index in [1.807, 2.05) is 0 Å². The van der Waals surface area contributed by atoms with Crippen molar-refractivity contribution in [1.82, 2.24) is 9.55 Å². The number of hydrogen-bond donors (Lipinski definition) is 2. The van der Waals surface area contributed by atoms with Crippen LogP contribution in [0.5, 0.6) is 0 Å². The molecule has 176 valence electrons. The van der Waals surface area contributed by atoms with E-state index >= 15 is 0 Å². The first-order valence-electron chi connectivity index (χ1n) is 10.7. The molecule has 35 heavy (non-hydrogen) atoms. The molecule has 4 aromatic rings. The second kappa shape index (κ2) is 10.8. The van der Waals surface area contributed by atoms with Gasteiger partial charge in [-0.25, -0.2) is 9.37 Å². The van der Waals surface area contributed by atoms with Crippen molar-refractivity contribution in [1.29, 1.82) is 0 Å². The Morgan fingerprint density at radius 3 is 2.49 bits per heavy atom. The van der Waals surface area contributed by atoms with Gasteiger partial charge in [0.2, 0.25) is 5.91 Å². The van der Waals surface area contributed by atoms with E-state index in [1.54, 1.807) is 54.6 Å². The van der Waals surface area contributed by atoms with Gasteiger partial charge in [-0.15, -0.1) is 6.58 Å². The van der Waals surface area contributed by atoms with Crippen molar-refractivity contribution < 1.29 is 14.0 Å². The third kappa shape index (κ3) is 5.64. The maximum absolute atomic E-state index is 13.1. The molecule has 0 saturated carbocycles. The Kier molecular flexibility index (Phi) is 7.37. The van der Waals surface area contributed by atoms with Gasteiger partial charge in [0.1, 0.15) is 5.82 Å². The maximum atomic E-state index is 13.1. The molecular formula is C26H21FN4O3S. The molecule has 0 fully saturated rings. The van der Waals surface area contributed by atoms with E-state index < -0.39 is 11.7 Å². The summed E-state index contributed by atoms with van der Waals surface area (Å²) in [6, 6.07) is 19.0. The van der Waals surface area contributed by atoms with E-state index in [-0.39, 0.29) is 29.3 Å². The van der Waals surface area contributed by atoms with Gasteiger partial charge < -0.3 is 10.6 Å². The number of carbonyl (C=O) groups excluding carboxylic acids is 2. The zero-order valence-electron chi connectivity index (χ0n) is 18.5. The van der Waals surface area contributed by atoms with Crippen LogP contribution in [0.4, 0.5) is 15.8 Å². The van der Waals surface area contributed by atoms with Crippen LogP contribution in [0.1, 0.15) is 10.4 Å². The summed E-state index contributed by atoms with van der Waals surface area (Å²) in [5.74, 6) is -1.26. The quantitative estimate of drug-likeness (QED) is 0.213. The van der Waals surface area contributed by atoms with Gasteiger partial charge >= 0.3 is 0 Å². The third-order valence-corrected chi connectivity index (χ3v) is 5.99. The molecule has 0 atom stereocenters. The lowest BCUT2D eigenvalue weighted by molar-refractivity contribution is -0.113. The number of rotatable bonds is 8. The van der Waals surface area contributed by atoms with E-state index in [1.165, 1.54) is 28.8 Å². The van der Waals surface area contributed by atoms with E-state index in [2.05, 4.69) is 22.2 Å². The maximum Gasteiger partial charge on any atom is 0.262 e. The lowest BCUT2D eigenvalue weighted by Crippen LogP contribution is -2.24. The molecule has 1 heterocycles. The Hall–Kier alpha value is -4.24. The van der Waals surface area contributed by atoms with Crippen LogP contribution in [-0.2, 0) is 11.3 Å². The van der Waals surface area contributed by atoms with Crippen LogP contribution in [0.25, 0.3) is 10.9 Å². The SMILES string of the molecule is C=CCn1c(SCC(=O)Nc2ccccc2C(=O)Nc2ccc(F)cc2)nc2ccccc2c1=O. The molecule has 3 aromatic carbocycles. The molecule has 9 heteroatoms. The topological polar surface area (TPSA) is 93.1 Å². The minimum absolute atomic E-state index is 0.0319. The summed E-state index contributed by atoms with van der Waals surface area (Å²) >= 11 is 1.12. The van der Waals surface area contributed by atoms with Gasteiger partial charge in [0.25, 0.3) is 11.5 Å². The molecule has 0 aliphatic carbocycles. The Morgan fingerprint density at radius 1 is 1.00 bits per heavy atom. The van der Waals surface area contributed by atoms with Crippen LogP contribution in [0, 0.1) is 5.82 Å². The number of allylic oxidation sites excluding steroid dienone is 1. The summed E-state index contributed by atoms with van der Waals surface area (Å²) in [7, 11) is 0. The van der Waals surface area contributed by atoms with Gasteiger partial charge in [-0.2, -0.15) is 0 Å². The fraction of sp³-hybridized carbons (Fsp3) is 0.0769. The first kappa shape index (κ1) is 23.9. The highest BCUT2D eigenvalue weighted by Crippen LogP contribution is 2.21. The molecule has 4 rings (SSSR count). The zero-order valence-corrected chi connectivity index (χ0v) is 19.3. The minimum Gasteiger partial charge on any atom is -0.325 e. The molecule has 0 saturated heterocycles. The third-order valence-electron chi connectivity index (χ3n) is 5.02. The molecular weight excluding hydrogens is 467 g/mol. The van der Waals surface area contributed by atoms with E-state index in [0.717, 1.165) is 11.8 Å². The van der Waals surface area contributed by atoms with Crippen molar-refractivity contribution in [2.75, 3.05) is 16.4 Å². The highest BCUT2D eigenvalue weighted by atomic mass is 32.2. The summed E-state index contributed by atoms with van der Waals surface area (Å²) in [5.41, 5.74) is 1.34. The molecule has 0 radical (unpaired) electrons. The number of nitrogens with one attached hydrogen (secondary N) is 2. The molecule has 0 spiro atoms. The van der Waals surface area contributed by atoms with Gasteiger partial charge in [-0.1, -0.05) is 42.1 Å². The largest absolute Gasteiger partial charge is 0.325 e. The average molecular weight is 489 g/mol. The van der Waals surface area contributed by atoms with Gasteiger partial charge in [0.05, 0.1) is 27.9 Å². The highest BCUT2D eigenvalue weighted by Gasteiger charge is 2.16. The summed E-state index contributed by atoms with van der Waals surface area (Å²) in [6.07, 6.45) is 1.60. The molecule has 0 bridgehead atoms. The van der Waals surface area contributed by atoms with Gasteiger partial charge in [-0.3, -0.25) is 19.0 Å². The monoisotopic (exact) mass is 488 g/mol. The molecule has 0 aliphatic rings. The van der Waals surface area contributed by atoms with Gasteiger partial charge in [-0.05, 0) is 48.5 Å². The Morgan fingerprint density at radius 2 is 1.71 bits per heavy atom. The van der Waals surface area contributed by atoms with Crippen molar-refractivity contribution in [2.45, 2.75) is 11.7 Å². The first-order valence-corrected chi connectivity index (χ1v) is 11.6.